The molecule has 3 N–H and O–H groups in total. The second-order valence-electron chi connectivity index (χ2n) is 5.80. The minimum absolute atomic E-state index is 0.301. The SMILES string of the molecule is CCC1CN(C)CCCN1Cc1cc(C(=O)NN)c(C)o1. The molecule has 0 spiro atoms. The average molecular weight is 294 g/mol. The van der Waals surface area contributed by atoms with Crippen LogP contribution in [-0.4, -0.2) is 48.4 Å². The first-order valence-electron chi connectivity index (χ1n) is 7.58. The van der Waals surface area contributed by atoms with E-state index in [0.717, 1.165) is 44.8 Å². The molecule has 1 aliphatic heterocycles. The highest BCUT2D eigenvalue weighted by molar-refractivity contribution is 5.94. The second-order valence-corrected chi connectivity index (χ2v) is 5.80. The number of hydrazine groups is 1. The van der Waals surface area contributed by atoms with Crippen molar-refractivity contribution in [2.75, 3.05) is 26.7 Å². The molecule has 1 unspecified atom stereocenters. The Kier molecular flexibility index (Phi) is 5.39. The standard InChI is InChI=1S/C15H26N4O2/c1-4-12-9-18(3)6-5-7-19(12)10-13-8-14(11(2)21-13)15(20)17-16/h8,12H,4-7,9-10,16H2,1-3H3,(H,17,20). The summed E-state index contributed by atoms with van der Waals surface area (Å²) < 4.78 is 5.73. The number of nitrogens with zero attached hydrogens (tertiary/aromatic N) is 2. The quantitative estimate of drug-likeness (QED) is 0.494. The van der Waals surface area contributed by atoms with Crippen molar-refractivity contribution < 1.29 is 9.21 Å². The Morgan fingerprint density at radius 3 is 2.95 bits per heavy atom. The number of nitrogens with one attached hydrogen (secondary N) is 1. The predicted octanol–water partition coefficient (Wildman–Crippen LogP) is 1.11. The fourth-order valence-electron chi connectivity index (χ4n) is 3.01. The first-order chi connectivity index (χ1) is 10.0. The molecule has 0 bridgehead atoms. The van der Waals surface area contributed by atoms with Gasteiger partial charge in [-0.15, -0.1) is 0 Å². The van der Waals surface area contributed by atoms with Gasteiger partial charge in [0.05, 0.1) is 12.1 Å². The van der Waals surface area contributed by atoms with E-state index in [0.29, 0.717) is 17.4 Å². The molecule has 118 valence electrons. The Balaban J connectivity index is 2.10. The van der Waals surface area contributed by atoms with E-state index in [9.17, 15) is 4.79 Å². The zero-order chi connectivity index (χ0) is 15.4. The maximum atomic E-state index is 11.6. The van der Waals surface area contributed by atoms with Crippen molar-refractivity contribution in [3.63, 3.8) is 0 Å². The number of nitrogen functional groups attached to an aromatic ring is 1. The Morgan fingerprint density at radius 2 is 2.29 bits per heavy atom. The summed E-state index contributed by atoms with van der Waals surface area (Å²) in [5.41, 5.74) is 2.68. The summed E-state index contributed by atoms with van der Waals surface area (Å²) in [5.74, 6) is 6.33. The van der Waals surface area contributed by atoms with Crippen LogP contribution in [0.4, 0.5) is 0 Å². The molecule has 1 aliphatic rings. The molecule has 1 fully saturated rings. The number of carbonyl (C=O) groups excluding carboxylic acids is 1. The molecule has 6 heteroatoms. The molecule has 2 rings (SSSR count). The normalized spacial score (nSPS) is 21.2. The minimum atomic E-state index is -0.301. The number of furan rings is 1. The Morgan fingerprint density at radius 1 is 1.52 bits per heavy atom. The molecular formula is C15H26N4O2. The number of rotatable bonds is 4. The number of hydrogen-bond donors (Lipinski definition) is 2. The third-order valence-electron chi connectivity index (χ3n) is 4.20. The number of aryl methyl sites for hydroxylation is 1. The van der Waals surface area contributed by atoms with E-state index in [2.05, 4.69) is 29.2 Å². The van der Waals surface area contributed by atoms with Gasteiger partial charge in [0.2, 0.25) is 0 Å². The zero-order valence-electron chi connectivity index (χ0n) is 13.2. The highest BCUT2D eigenvalue weighted by Gasteiger charge is 2.24. The van der Waals surface area contributed by atoms with Crippen molar-refractivity contribution in [1.82, 2.24) is 15.2 Å². The van der Waals surface area contributed by atoms with E-state index in [-0.39, 0.29) is 5.91 Å². The van der Waals surface area contributed by atoms with Crippen molar-refractivity contribution in [2.45, 2.75) is 39.3 Å². The summed E-state index contributed by atoms with van der Waals surface area (Å²) in [4.78, 5) is 16.5. The van der Waals surface area contributed by atoms with Crippen molar-refractivity contribution in [3.05, 3.63) is 23.2 Å². The molecule has 1 aromatic rings. The van der Waals surface area contributed by atoms with Gasteiger partial charge >= 0.3 is 0 Å². The summed E-state index contributed by atoms with van der Waals surface area (Å²) in [5, 5.41) is 0. The molecule has 0 aliphatic carbocycles. The molecule has 6 nitrogen and oxygen atoms in total. The van der Waals surface area contributed by atoms with Gasteiger partial charge in [-0.1, -0.05) is 6.92 Å². The fourth-order valence-corrected chi connectivity index (χ4v) is 3.01. The van der Waals surface area contributed by atoms with E-state index in [1.54, 1.807) is 13.0 Å². The fraction of sp³-hybridized carbons (Fsp3) is 0.667. The Bertz CT molecular complexity index is 486. The van der Waals surface area contributed by atoms with Crippen molar-refractivity contribution in [2.24, 2.45) is 5.84 Å². The maximum Gasteiger partial charge on any atom is 0.268 e. The van der Waals surface area contributed by atoms with Crippen molar-refractivity contribution in [3.8, 4) is 0 Å². The van der Waals surface area contributed by atoms with Gasteiger partial charge in [-0.2, -0.15) is 0 Å². The van der Waals surface area contributed by atoms with Crippen LogP contribution in [0.2, 0.25) is 0 Å². The van der Waals surface area contributed by atoms with Crippen molar-refractivity contribution in [1.29, 1.82) is 0 Å². The van der Waals surface area contributed by atoms with Gasteiger partial charge < -0.3 is 9.32 Å². The number of hydrogen-bond acceptors (Lipinski definition) is 5. The van der Waals surface area contributed by atoms with E-state index in [1.165, 1.54) is 0 Å². The van der Waals surface area contributed by atoms with Gasteiger partial charge in [0.15, 0.2) is 0 Å². The van der Waals surface area contributed by atoms with Gasteiger partial charge in [0.25, 0.3) is 5.91 Å². The van der Waals surface area contributed by atoms with Gasteiger partial charge in [-0.25, -0.2) is 5.84 Å². The maximum absolute atomic E-state index is 11.6. The van der Waals surface area contributed by atoms with Gasteiger partial charge in [-0.05, 0) is 39.4 Å². The van der Waals surface area contributed by atoms with Gasteiger partial charge in [0.1, 0.15) is 11.5 Å². The largest absolute Gasteiger partial charge is 0.464 e. The third-order valence-corrected chi connectivity index (χ3v) is 4.20. The van der Waals surface area contributed by atoms with Crippen LogP contribution in [0.25, 0.3) is 0 Å². The van der Waals surface area contributed by atoms with Crippen LogP contribution < -0.4 is 11.3 Å². The van der Waals surface area contributed by atoms with Crippen LogP contribution in [0.3, 0.4) is 0 Å². The molecule has 1 amide bonds. The minimum Gasteiger partial charge on any atom is -0.464 e. The summed E-state index contributed by atoms with van der Waals surface area (Å²) in [7, 11) is 2.17. The molecule has 0 radical (unpaired) electrons. The Labute approximate surface area is 126 Å². The van der Waals surface area contributed by atoms with Gasteiger partial charge in [0, 0.05) is 19.1 Å². The monoisotopic (exact) mass is 294 g/mol. The van der Waals surface area contributed by atoms with E-state index in [1.807, 2.05) is 0 Å². The van der Waals surface area contributed by atoms with Crippen LogP contribution >= 0.6 is 0 Å². The highest BCUT2D eigenvalue weighted by atomic mass is 16.3. The lowest BCUT2D eigenvalue weighted by Crippen LogP contribution is -2.39. The number of carbonyl (C=O) groups is 1. The number of likely N-dealkylation sites (N-methyl/N-ethyl adjacent to an activating group) is 1. The van der Waals surface area contributed by atoms with Crippen LogP contribution in [-0.2, 0) is 6.54 Å². The number of amides is 1. The summed E-state index contributed by atoms with van der Waals surface area (Å²) >= 11 is 0. The molecule has 2 heterocycles. The van der Waals surface area contributed by atoms with Crippen LogP contribution in [0.5, 0.6) is 0 Å². The summed E-state index contributed by atoms with van der Waals surface area (Å²) in [6.45, 7) is 8.02. The van der Waals surface area contributed by atoms with E-state index >= 15 is 0 Å². The molecular weight excluding hydrogens is 268 g/mol. The third kappa shape index (κ3) is 3.84. The summed E-state index contributed by atoms with van der Waals surface area (Å²) in [6.07, 6.45) is 2.27. The number of nitrogens with two attached hydrogens (primary N) is 1. The zero-order valence-corrected chi connectivity index (χ0v) is 13.2. The molecule has 0 saturated carbocycles. The lowest BCUT2D eigenvalue weighted by atomic mass is 10.1. The first kappa shape index (κ1) is 16.0. The molecule has 1 atom stereocenters. The smallest absolute Gasteiger partial charge is 0.268 e. The second kappa shape index (κ2) is 7.06. The lowest BCUT2D eigenvalue weighted by molar-refractivity contribution is 0.0952. The highest BCUT2D eigenvalue weighted by Crippen LogP contribution is 2.20. The molecule has 1 aromatic heterocycles. The van der Waals surface area contributed by atoms with E-state index in [4.69, 9.17) is 10.3 Å². The molecule has 21 heavy (non-hydrogen) atoms. The average Bonchev–Trinajstić information content (AvgIpc) is 2.73. The van der Waals surface area contributed by atoms with Crippen molar-refractivity contribution >= 4 is 5.91 Å². The van der Waals surface area contributed by atoms with Crippen LogP contribution in [0, 0.1) is 6.92 Å². The topological polar surface area (TPSA) is 74.7 Å². The lowest BCUT2D eigenvalue weighted by Gasteiger charge is -2.29. The predicted molar refractivity (Wildman–Crippen MR) is 81.7 cm³/mol. The Hall–Kier alpha value is -1.37. The van der Waals surface area contributed by atoms with Gasteiger partial charge in [-0.3, -0.25) is 15.1 Å². The molecule has 0 aromatic carbocycles. The van der Waals surface area contributed by atoms with E-state index < -0.39 is 0 Å². The van der Waals surface area contributed by atoms with Crippen LogP contribution in [0.1, 0.15) is 41.6 Å². The summed E-state index contributed by atoms with van der Waals surface area (Å²) in [6, 6.07) is 2.33. The van der Waals surface area contributed by atoms with Crippen LogP contribution in [0.15, 0.2) is 10.5 Å². The molecule has 1 saturated heterocycles. The first-order valence-corrected chi connectivity index (χ1v) is 7.58.